The summed E-state index contributed by atoms with van der Waals surface area (Å²) in [5.41, 5.74) is 2.13. The first-order valence-corrected chi connectivity index (χ1v) is 6.64. The minimum absolute atomic E-state index is 0.0406. The number of aryl methyl sites for hydroxylation is 1. The second-order valence-electron chi connectivity index (χ2n) is 4.60. The predicted octanol–water partition coefficient (Wildman–Crippen LogP) is 3.27. The molecule has 1 amide bonds. The molecule has 1 aromatic carbocycles. The summed E-state index contributed by atoms with van der Waals surface area (Å²) < 4.78 is 0. The number of hydrogen-bond acceptors (Lipinski definition) is 4. The van der Waals surface area contributed by atoms with Crippen molar-refractivity contribution in [2.45, 2.75) is 26.7 Å². The van der Waals surface area contributed by atoms with Crippen LogP contribution in [0.1, 0.15) is 25.3 Å². The van der Waals surface area contributed by atoms with Crippen LogP contribution < -0.4 is 10.6 Å². The summed E-state index contributed by atoms with van der Waals surface area (Å²) in [5.74, 6) is 1.07. The zero-order valence-corrected chi connectivity index (χ0v) is 11.7. The third-order valence-corrected chi connectivity index (χ3v) is 2.70. The summed E-state index contributed by atoms with van der Waals surface area (Å²) in [6.07, 6.45) is 1.30. The molecule has 2 N–H and O–H groups in total. The lowest BCUT2D eigenvalue weighted by molar-refractivity contribution is -0.116. The summed E-state index contributed by atoms with van der Waals surface area (Å²) in [5, 5.41) is 13.9. The molecule has 0 saturated carbocycles. The minimum atomic E-state index is -0.0406. The smallest absolute Gasteiger partial charge is 0.225 e. The van der Waals surface area contributed by atoms with Crippen LogP contribution in [0.15, 0.2) is 36.4 Å². The summed E-state index contributed by atoms with van der Waals surface area (Å²) in [7, 11) is 0. The molecule has 2 rings (SSSR count). The van der Waals surface area contributed by atoms with E-state index in [1.54, 1.807) is 12.1 Å². The first kappa shape index (κ1) is 14.0. The molecule has 0 bridgehead atoms. The number of nitrogens with one attached hydrogen (secondary N) is 2. The van der Waals surface area contributed by atoms with Crippen LogP contribution in [0.25, 0.3) is 0 Å². The second kappa shape index (κ2) is 6.65. The van der Waals surface area contributed by atoms with Crippen LogP contribution in [0, 0.1) is 6.92 Å². The Kier molecular flexibility index (Phi) is 4.65. The fourth-order valence-electron chi connectivity index (χ4n) is 1.77. The molecule has 0 spiro atoms. The van der Waals surface area contributed by atoms with Gasteiger partial charge in [-0.2, -0.15) is 0 Å². The average molecular weight is 270 g/mol. The number of hydrogen-bond donors (Lipinski definition) is 2. The quantitative estimate of drug-likeness (QED) is 0.875. The molecule has 1 heterocycles. The Morgan fingerprint density at radius 1 is 1.15 bits per heavy atom. The van der Waals surface area contributed by atoms with E-state index in [0.717, 1.165) is 12.1 Å². The van der Waals surface area contributed by atoms with Gasteiger partial charge in [0.2, 0.25) is 5.91 Å². The van der Waals surface area contributed by atoms with Crippen LogP contribution in [0.2, 0.25) is 0 Å². The van der Waals surface area contributed by atoms with E-state index < -0.39 is 0 Å². The van der Waals surface area contributed by atoms with Gasteiger partial charge < -0.3 is 10.6 Å². The van der Waals surface area contributed by atoms with E-state index in [0.29, 0.717) is 18.1 Å². The highest BCUT2D eigenvalue weighted by Crippen LogP contribution is 2.15. The lowest BCUT2D eigenvalue weighted by Crippen LogP contribution is -2.12. The van der Waals surface area contributed by atoms with Crippen LogP contribution in [0.5, 0.6) is 0 Å². The van der Waals surface area contributed by atoms with Gasteiger partial charge in [0.05, 0.1) is 0 Å². The Morgan fingerprint density at radius 3 is 2.55 bits per heavy atom. The lowest BCUT2D eigenvalue weighted by Gasteiger charge is -2.07. The predicted molar refractivity (Wildman–Crippen MR) is 80.0 cm³/mol. The Hall–Kier alpha value is -2.43. The number of rotatable bonds is 5. The van der Waals surface area contributed by atoms with E-state index in [4.69, 9.17) is 0 Å². The molecule has 0 unspecified atom stereocenters. The van der Waals surface area contributed by atoms with Gasteiger partial charge in [-0.25, -0.2) is 0 Å². The first-order valence-electron chi connectivity index (χ1n) is 6.64. The van der Waals surface area contributed by atoms with Crippen LogP contribution >= 0.6 is 0 Å². The topological polar surface area (TPSA) is 66.9 Å². The number of amides is 1. The van der Waals surface area contributed by atoms with Gasteiger partial charge in [-0.05, 0) is 43.2 Å². The maximum atomic E-state index is 11.4. The van der Waals surface area contributed by atoms with Gasteiger partial charge >= 0.3 is 0 Å². The molecule has 20 heavy (non-hydrogen) atoms. The van der Waals surface area contributed by atoms with Crippen molar-refractivity contribution in [1.82, 2.24) is 10.2 Å². The van der Waals surface area contributed by atoms with Gasteiger partial charge in [-0.1, -0.05) is 19.1 Å². The molecule has 0 fully saturated rings. The molecular weight excluding hydrogens is 252 g/mol. The molecule has 104 valence electrons. The van der Waals surface area contributed by atoms with Crippen molar-refractivity contribution in [1.29, 1.82) is 0 Å². The lowest BCUT2D eigenvalue weighted by atomic mass is 10.2. The van der Waals surface area contributed by atoms with Crippen molar-refractivity contribution >= 4 is 23.2 Å². The molecule has 0 atom stereocenters. The van der Waals surface area contributed by atoms with E-state index in [-0.39, 0.29) is 5.91 Å². The number of benzene rings is 1. The molecule has 2 aromatic rings. The number of anilines is 3. The maximum absolute atomic E-state index is 11.4. The summed E-state index contributed by atoms with van der Waals surface area (Å²) in [6, 6.07) is 11.5. The Balaban J connectivity index is 1.99. The second-order valence-corrected chi connectivity index (χ2v) is 4.60. The van der Waals surface area contributed by atoms with E-state index >= 15 is 0 Å². The SMILES string of the molecule is CCCC(=O)Nc1ccc(Nc2cccc(C)c2)nn1. The zero-order valence-electron chi connectivity index (χ0n) is 11.7. The Bertz CT molecular complexity index is 581. The number of carbonyl (C=O) groups excluding carboxylic acids is 1. The van der Waals surface area contributed by atoms with Crippen LogP contribution in [-0.4, -0.2) is 16.1 Å². The monoisotopic (exact) mass is 270 g/mol. The van der Waals surface area contributed by atoms with Gasteiger partial charge in [0.25, 0.3) is 0 Å². The van der Waals surface area contributed by atoms with Crippen LogP contribution in [0.3, 0.4) is 0 Å². The highest BCUT2D eigenvalue weighted by atomic mass is 16.1. The normalized spacial score (nSPS) is 10.1. The van der Waals surface area contributed by atoms with Gasteiger partial charge in [0, 0.05) is 12.1 Å². The molecule has 5 nitrogen and oxygen atoms in total. The van der Waals surface area contributed by atoms with Gasteiger partial charge in [-0.3, -0.25) is 4.79 Å². The van der Waals surface area contributed by atoms with Crippen molar-refractivity contribution in [3.63, 3.8) is 0 Å². The Morgan fingerprint density at radius 2 is 1.90 bits per heavy atom. The van der Waals surface area contributed by atoms with E-state index in [1.807, 2.05) is 38.1 Å². The Labute approximate surface area is 118 Å². The largest absolute Gasteiger partial charge is 0.339 e. The van der Waals surface area contributed by atoms with Crippen molar-refractivity contribution in [3.05, 3.63) is 42.0 Å². The first-order chi connectivity index (χ1) is 9.67. The molecule has 1 aromatic heterocycles. The summed E-state index contributed by atoms with van der Waals surface area (Å²) in [4.78, 5) is 11.4. The molecule has 0 radical (unpaired) electrons. The van der Waals surface area contributed by atoms with Gasteiger partial charge in [-0.15, -0.1) is 10.2 Å². The third-order valence-electron chi connectivity index (χ3n) is 2.70. The van der Waals surface area contributed by atoms with Gasteiger partial charge in [0.1, 0.15) is 0 Å². The third kappa shape index (κ3) is 4.05. The molecule has 5 heteroatoms. The van der Waals surface area contributed by atoms with E-state index in [1.165, 1.54) is 5.56 Å². The molecule has 0 aliphatic carbocycles. The standard InChI is InChI=1S/C15H18N4O/c1-3-5-15(20)17-14-9-8-13(18-19-14)16-12-7-4-6-11(2)10-12/h4,6-10H,3,5H2,1-2H3,(H,16,18)(H,17,19,20). The van der Waals surface area contributed by atoms with Crippen molar-refractivity contribution < 1.29 is 4.79 Å². The van der Waals surface area contributed by atoms with Crippen molar-refractivity contribution in [2.75, 3.05) is 10.6 Å². The molecule has 0 saturated heterocycles. The van der Waals surface area contributed by atoms with Gasteiger partial charge in [0.15, 0.2) is 11.6 Å². The number of aromatic nitrogens is 2. The summed E-state index contributed by atoms with van der Waals surface area (Å²) in [6.45, 7) is 3.99. The van der Waals surface area contributed by atoms with Crippen molar-refractivity contribution in [2.24, 2.45) is 0 Å². The minimum Gasteiger partial charge on any atom is -0.339 e. The fourth-order valence-corrected chi connectivity index (χ4v) is 1.77. The molecular formula is C15H18N4O. The fraction of sp³-hybridized carbons (Fsp3) is 0.267. The summed E-state index contributed by atoms with van der Waals surface area (Å²) >= 11 is 0. The molecule has 0 aliphatic rings. The van der Waals surface area contributed by atoms with E-state index in [9.17, 15) is 4.79 Å². The van der Waals surface area contributed by atoms with Crippen LogP contribution in [0.4, 0.5) is 17.3 Å². The maximum Gasteiger partial charge on any atom is 0.225 e. The van der Waals surface area contributed by atoms with E-state index in [2.05, 4.69) is 20.8 Å². The number of nitrogens with zero attached hydrogens (tertiary/aromatic N) is 2. The van der Waals surface area contributed by atoms with Crippen molar-refractivity contribution in [3.8, 4) is 0 Å². The highest BCUT2D eigenvalue weighted by molar-refractivity contribution is 5.89. The highest BCUT2D eigenvalue weighted by Gasteiger charge is 2.03. The van der Waals surface area contributed by atoms with Crippen LogP contribution in [-0.2, 0) is 4.79 Å². The average Bonchev–Trinajstić information content (AvgIpc) is 2.41. The molecule has 0 aliphatic heterocycles. The zero-order chi connectivity index (χ0) is 14.4. The number of carbonyl (C=O) groups is 1.